The van der Waals surface area contributed by atoms with Gasteiger partial charge in [-0.1, -0.05) is 24.3 Å². The number of ether oxygens (including phenoxy) is 1. The number of benzene rings is 1. The Morgan fingerprint density at radius 1 is 1.11 bits per heavy atom. The molecule has 2 rings (SSSR count). The number of rotatable bonds is 7. The minimum atomic E-state index is 0.673. The third-order valence-electron chi connectivity index (χ3n) is 2.79. The third-order valence-corrected chi connectivity index (χ3v) is 2.79. The van der Waals surface area contributed by atoms with E-state index in [9.17, 15) is 0 Å². The van der Waals surface area contributed by atoms with Crippen LogP contribution in [0.15, 0.2) is 47.1 Å². The summed E-state index contributed by atoms with van der Waals surface area (Å²) in [5, 5.41) is 3.40. The average molecular weight is 245 g/mol. The first-order valence-electron chi connectivity index (χ1n) is 6.18. The Bertz CT molecular complexity index is 434. The molecule has 1 heterocycles. The molecule has 3 nitrogen and oxygen atoms in total. The Hall–Kier alpha value is -1.58. The number of hydrogen-bond donors (Lipinski definition) is 1. The van der Waals surface area contributed by atoms with Crippen LogP contribution in [0.5, 0.6) is 0 Å². The number of hydrogen-bond acceptors (Lipinski definition) is 3. The summed E-state index contributed by atoms with van der Waals surface area (Å²) in [5.41, 5.74) is 2.49. The number of methoxy groups -OCH3 is 1. The predicted octanol–water partition coefficient (Wildman–Crippen LogP) is 2.76. The molecular weight excluding hydrogens is 226 g/mol. The Kier molecular flexibility index (Phi) is 5.00. The maximum Gasteiger partial charge on any atom is 0.105 e. The molecule has 0 unspecified atom stereocenters. The van der Waals surface area contributed by atoms with Crippen molar-refractivity contribution < 1.29 is 9.15 Å². The molecule has 1 aromatic heterocycles. The molecule has 0 atom stereocenters. The second-order valence-corrected chi connectivity index (χ2v) is 4.26. The zero-order valence-electron chi connectivity index (χ0n) is 10.7. The lowest BCUT2D eigenvalue weighted by atomic mass is 10.1. The van der Waals surface area contributed by atoms with E-state index >= 15 is 0 Å². The molecule has 0 saturated carbocycles. The first-order valence-corrected chi connectivity index (χ1v) is 6.18. The molecular formula is C15H19NO2. The zero-order valence-corrected chi connectivity index (χ0v) is 10.7. The van der Waals surface area contributed by atoms with Crippen LogP contribution >= 0.6 is 0 Å². The van der Waals surface area contributed by atoms with Crippen LogP contribution in [-0.4, -0.2) is 13.7 Å². The van der Waals surface area contributed by atoms with E-state index < -0.39 is 0 Å². The lowest BCUT2D eigenvalue weighted by molar-refractivity contribution is 0.185. The van der Waals surface area contributed by atoms with E-state index in [0.717, 1.165) is 25.3 Å². The van der Waals surface area contributed by atoms with Crippen LogP contribution in [-0.2, 0) is 24.3 Å². The van der Waals surface area contributed by atoms with Crippen LogP contribution in [0.1, 0.15) is 16.9 Å². The van der Waals surface area contributed by atoms with Crippen molar-refractivity contribution in [3.8, 4) is 0 Å². The summed E-state index contributed by atoms with van der Waals surface area (Å²) in [5.74, 6) is 1.03. The van der Waals surface area contributed by atoms with Crippen molar-refractivity contribution in [2.75, 3.05) is 13.7 Å². The van der Waals surface area contributed by atoms with Crippen molar-refractivity contribution in [1.82, 2.24) is 5.32 Å². The van der Waals surface area contributed by atoms with E-state index in [1.54, 1.807) is 13.4 Å². The molecule has 2 aromatic rings. The predicted molar refractivity (Wildman–Crippen MR) is 71.3 cm³/mol. The Balaban J connectivity index is 1.69. The molecule has 0 aliphatic rings. The van der Waals surface area contributed by atoms with E-state index in [1.807, 2.05) is 12.1 Å². The van der Waals surface area contributed by atoms with Gasteiger partial charge in [-0.3, -0.25) is 0 Å². The fourth-order valence-electron chi connectivity index (χ4n) is 1.82. The van der Waals surface area contributed by atoms with E-state index in [2.05, 4.69) is 29.6 Å². The summed E-state index contributed by atoms with van der Waals surface area (Å²) in [4.78, 5) is 0. The third kappa shape index (κ3) is 4.02. The van der Waals surface area contributed by atoms with Gasteiger partial charge < -0.3 is 14.5 Å². The van der Waals surface area contributed by atoms with E-state index in [-0.39, 0.29) is 0 Å². The molecule has 0 saturated heterocycles. The maximum atomic E-state index is 5.27. The van der Waals surface area contributed by atoms with Crippen molar-refractivity contribution in [3.05, 3.63) is 59.5 Å². The van der Waals surface area contributed by atoms with Gasteiger partial charge in [-0.15, -0.1) is 0 Å². The van der Waals surface area contributed by atoms with Crippen molar-refractivity contribution in [2.24, 2.45) is 0 Å². The van der Waals surface area contributed by atoms with Gasteiger partial charge in [0.05, 0.1) is 12.9 Å². The summed E-state index contributed by atoms with van der Waals surface area (Å²) in [7, 11) is 1.71. The molecule has 18 heavy (non-hydrogen) atoms. The van der Waals surface area contributed by atoms with Gasteiger partial charge in [0.15, 0.2) is 0 Å². The van der Waals surface area contributed by atoms with Crippen molar-refractivity contribution in [3.63, 3.8) is 0 Å². The fourth-order valence-corrected chi connectivity index (χ4v) is 1.82. The largest absolute Gasteiger partial charge is 0.469 e. The molecule has 3 heteroatoms. The highest BCUT2D eigenvalue weighted by Gasteiger charge is 1.97. The lowest BCUT2D eigenvalue weighted by Crippen LogP contribution is -2.16. The van der Waals surface area contributed by atoms with E-state index in [0.29, 0.717) is 6.61 Å². The van der Waals surface area contributed by atoms with Crippen molar-refractivity contribution >= 4 is 0 Å². The van der Waals surface area contributed by atoms with Gasteiger partial charge >= 0.3 is 0 Å². The highest BCUT2D eigenvalue weighted by Crippen LogP contribution is 2.05. The number of furan rings is 1. The summed E-state index contributed by atoms with van der Waals surface area (Å²) < 4.78 is 10.4. The molecule has 0 fully saturated rings. The first kappa shape index (κ1) is 12.9. The van der Waals surface area contributed by atoms with E-state index in [4.69, 9.17) is 9.15 Å². The van der Waals surface area contributed by atoms with Crippen LogP contribution in [0.3, 0.4) is 0 Å². The quantitative estimate of drug-likeness (QED) is 0.762. The highest BCUT2D eigenvalue weighted by molar-refractivity contribution is 5.21. The van der Waals surface area contributed by atoms with Gasteiger partial charge in [-0.05, 0) is 23.3 Å². The smallest absolute Gasteiger partial charge is 0.105 e. The molecule has 0 bridgehead atoms. The van der Waals surface area contributed by atoms with Gasteiger partial charge in [-0.2, -0.15) is 0 Å². The van der Waals surface area contributed by atoms with Gasteiger partial charge in [0.2, 0.25) is 0 Å². The van der Waals surface area contributed by atoms with Gasteiger partial charge in [0.1, 0.15) is 5.76 Å². The van der Waals surface area contributed by atoms with Crippen LogP contribution < -0.4 is 5.32 Å². The number of nitrogens with one attached hydrogen (secondary N) is 1. The van der Waals surface area contributed by atoms with Gasteiger partial charge in [-0.25, -0.2) is 0 Å². The summed E-state index contributed by atoms with van der Waals surface area (Å²) in [6, 6.07) is 12.4. The second kappa shape index (κ2) is 6.99. The van der Waals surface area contributed by atoms with Crippen LogP contribution in [0.25, 0.3) is 0 Å². The van der Waals surface area contributed by atoms with Crippen LogP contribution in [0, 0.1) is 0 Å². The van der Waals surface area contributed by atoms with Crippen LogP contribution in [0.4, 0.5) is 0 Å². The van der Waals surface area contributed by atoms with Gasteiger partial charge in [0.25, 0.3) is 0 Å². The van der Waals surface area contributed by atoms with E-state index in [1.165, 1.54) is 11.1 Å². The zero-order chi connectivity index (χ0) is 12.6. The molecule has 0 aliphatic heterocycles. The molecule has 1 aromatic carbocycles. The summed E-state index contributed by atoms with van der Waals surface area (Å²) in [6.45, 7) is 2.48. The van der Waals surface area contributed by atoms with Gasteiger partial charge in [0, 0.05) is 26.6 Å². The SMILES string of the molecule is COCc1ccc(CNCCc2ccco2)cc1. The standard InChI is InChI=1S/C15H19NO2/c1-17-12-14-6-4-13(5-7-14)11-16-9-8-15-3-2-10-18-15/h2-7,10,16H,8-9,11-12H2,1H3. The molecule has 0 amide bonds. The minimum Gasteiger partial charge on any atom is -0.469 e. The molecule has 96 valence electrons. The Morgan fingerprint density at radius 3 is 2.56 bits per heavy atom. The highest BCUT2D eigenvalue weighted by atomic mass is 16.5. The van der Waals surface area contributed by atoms with Crippen molar-refractivity contribution in [1.29, 1.82) is 0 Å². The lowest BCUT2D eigenvalue weighted by Gasteiger charge is -2.05. The van der Waals surface area contributed by atoms with Crippen molar-refractivity contribution in [2.45, 2.75) is 19.6 Å². The summed E-state index contributed by atoms with van der Waals surface area (Å²) >= 11 is 0. The average Bonchev–Trinajstić information content (AvgIpc) is 2.90. The summed E-state index contributed by atoms with van der Waals surface area (Å²) in [6.07, 6.45) is 2.64. The monoisotopic (exact) mass is 245 g/mol. The second-order valence-electron chi connectivity index (χ2n) is 4.26. The topological polar surface area (TPSA) is 34.4 Å². The molecule has 0 spiro atoms. The first-order chi connectivity index (χ1) is 8.88. The molecule has 0 radical (unpaired) electrons. The Labute approximate surface area is 108 Å². The molecule has 1 N–H and O–H groups in total. The minimum absolute atomic E-state index is 0.673. The van der Waals surface area contributed by atoms with Crippen LogP contribution in [0.2, 0.25) is 0 Å². The normalized spacial score (nSPS) is 10.7. The molecule has 0 aliphatic carbocycles. The maximum absolute atomic E-state index is 5.27. The Morgan fingerprint density at radius 2 is 1.89 bits per heavy atom. The fraction of sp³-hybridized carbons (Fsp3) is 0.333.